The minimum atomic E-state index is 0.501. The summed E-state index contributed by atoms with van der Waals surface area (Å²) in [5.74, 6) is 0.880. The maximum absolute atomic E-state index is 2.35. The van der Waals surface area contributed by atoms with Gasteiger partial charge in [-0.25, -0.2) is 0 Å². The standard InChI is InChI=1S/C11H14/c1-9-8-11(9,2)10-6-4-3-5-7-10/h3-7,9H,8H2,1-2H3/t9-,11-/m0/s1. The summed E-state index contributed by atoms with van der Waals surface area (Å²) < 4.78 is 0. The van der Waals surface area contributed by atoms with Crippen LogP contribution in [0.3, 0.4) is 0 Å². The molecule has 0 spiro atoms. The lowest BCUT2D eigenvalue weighted by Crippen LogP contribution is -2.01. The molecule has 1 aromatic carbocycles. The van der Waals surface area contributed by atoms with Gasteiger partial charge in [0.15, 0.2) is 0 Å². The largest absolute Gasteiger partial charge is 0.0622 e. The predicted octanol–water partition coefficient (Wildman–Crippen LogP) is 2.98. The Balaban J connectivity index is 2.32. The molecule has 1 aromatic rings. The third-order valence-electron chi connectivity index (χ3n) is 3.09. The van der Waals surface area contributed by atoms with E-state index < -0.39 is 0 Å². The molecule has 0 aliphatic heterocycles. The molecule has 1 fully saturated rings. The molecule has 1 saturated carbocycles. The van der Waals surface area contributed by atoms with Crippen LogP contribution in [0.2, 0.25) is 0 Å². The van der Waals surface area contributed by atoms with Crippen molar-refractivity contribution >= 4 is 0 Å². The maximum atomic E-state index is 2.35. The molecule has 0 aromatic heterocycles. The lowest BCUT2D eigenvalue weighted by Gasteiger charge is -2.08. The van der Waals surface area contributed by atoms with E-state index in [-0.39, 0.29) is 0 Å². The molecule has 0 heterocycles. The van der Waals surface area contributed by atoms with Gasteiger partial charge in [-0.1, -0.05) is 44.2 Å². The van der Waals surface area contributed by atoms with Crippen LogP contribution in [0.4, 0.5) is 0 Å². The minimum absolute atomic E-state index is 0.501. The van der Waals surface area contributed by atoms with Crippen LogP contribution in [-0.4, -0.2) is 0 Å². The highest BCUT2D eigenvalue weighted by Gasteiger charge is 2.47. The second-order valence-electron chi connectivity index (χ2n) is 3.89. The number of rotatable bonds is 1. The first-order valence-electron chi connectivity index (χ1n) is 4.29. The lowest BCUT2D eigenvalue weighted by molar-refractivity contribution is 0.702. The molecule has 1 aliphatic carbocycles. The topological polar surface area (TPSA) is 0 Å². The number of hydrogen-bond donors (Lipinski definition) is 0. The SMILES string of the molecule is C[C@H]1C[C@]1(C)c1ccccc1. The molecule has 0 nitrogen and oxygen atoms in total. The van der Waals surface area contributed by atoms with E-state index in [1.807, 2.05) is 0 Å². The molecule has 2 rings (SSSR count). The summed E-state index contributed by atoms with van der Waals surface area (Å²) in [5.41, 5.74) is 2.01. The van der Waals surface area contributed by atoms with E-state index in [9.17, 15) is 0 Å². The zero-order valence-electron chi connectivity index (χ0n) is 7.17. The monoisotopic (exact) mass is 146 g/mol. The van der Waals surface area contributed by atoms with E-state index >= 15 is 0 Å². The molecule has 11 heavy (non-hydrogen) atoms. The fourth-order valence-electron chi connectivity index (χ4n) is 1.80. The van der Waals surface area contributed by atoms with Gasteiger partial charge in [0.2, 0.25) is 0 Å². The fourth-order valence-corrected chi connectivity index (χ4v) is 1.80. The molecule has 0 N–H and O–H groups in total. The molecular formula is C11H14. The summed E-state index contributed by atoms with van der Waals surface area (Å²) >= 11 is 0. The van der Waals surface area contributed by atoms with Crippen molar-refractivity contribution in [2.24, 2.45) is 5.92 Å². The van der Waals surface area contributed by atoms with E-state index in [1.54, 1.807) is 0 Å². The highest BCUT2D eigenvalue weighted by Crippen LogP contribution is 2.53. The van der Waals surface area contributed by atoms with Crippen molar-refractivity contribution in [3.8, 4) is 0 Å². The van der Waals surface area contributed by atoms with Crippen LogP contribution in [-0.2, 0) is 5.41 Å². The fraction of sp³-hybridized carbons (Fsp3) is 0.455. The summed E-state index contributed by atoms with van der Waals surface area (Å²) in [5, 5.41) is 0. The first-order valence-corrected chi connectivity index (χ1v) is 4.29. The molecule has 1 aliphatic rings. The second-order valence-corrected chi connectivity index (χ2v) is 3.89. The zero-order chi connectivity index (χ0) is 7.90. The van der Waals surface area contributed by atoms with Crippen LogP contribution in [0.5, 0.6) is 0 Å². The zero-order valence-corrected chi connectivity index (χ0v) is 7.17. The van der Waals surface area contributed by atoms with Gasteiger partial charge in [-0.05, 0) is 23.3 Å². The van der Waals surface area contributed by atoms with Crippen molar-refractivity contribution in [1.29, 1.82) is 0 Å². The molecule has 0 heteroatoms. The summed E-state index contributed by atoms with van der Waals surface area (Å²) in [6.07, 6.45) is 1.36. The predicted molar refractivity (Wildman–Crippen MR) is 47.6 cm³/mol. The Kier molecular flexibility index (Phi) is 1.32. The van der Waals surface area contributed by atoms with Gasteiger partial charge in [-0.2, -0.15) is 0 Å². The summed E-state index contributed by atoms with van der Waals surface area (Å²) in [7, 11) is 0. The van der Waals surface area contributed by atoms with Gasteiger partial charge in [-0.15, -0.1) is 0 Å². The van der Waals surface area contributed by atoms with E-state index in [0.29, 0.717) is 5.41 Å². The molecular weight excluding hydrogens is 132 g/mol. The van der Waals surface area contributed by atoms with E-state index in [2.05, 4.69) is 44.2 Å². The number of benzene rings is 1. The lowest BCUT2D eigenvalue weighted by atomic mass is 9.96. The first-order chi connectivity index (χ1) is 5.23. The van der Waals surface area contributed by atoms with Gasteiger partial charge in [0.25, 0.3) is 0 Å². The maximum Gasteiger partial charge on any atom is -0.00465 e. The Morgan fingerprint density at radius 2 is 1.82 bits per heavy atom. The van der Waals surface area contributed by atoms with Crippen molar-refractivity contribution in [1.82, 2.24) is 0 Å². The molecule has 0 bridgehead atoms. The van der Waals surface area contributed by atoms with Crippen LogP contribution in [0.1, 0.15) is 25.8 Å². The van der Waals surface area contributed by atoms with Gasteiger partial charge in [0.05, 0.1) is 0 Å². The Labute approximate surface area is 68.3 Å². The highest BCUT2D eigenvalue weighted by atomic mass is 14.5. The summed E-state index contributed by atoms with van der Waals surface area (Å²) in [6.45, 7) is 4.68. The van der Waals surface area contributed by atoms with E-state index in [4.69, 9.17) is 0 Å². The van der Waals surface area contributed by atoms with Crippen LogP contribution in [0.25, 0.3) is 0 Å². The summed E-state index contributed by atoms with van der Waals surface area (Å²) in [6, 6.07) is 10.8. The van der Waals surface area contributed by atoms with Gasteiger partial charge in [-0.3, -0.25) is 0 Å². The van der Waals surface area contributed by atoms with Gasteiger partial charge >= 0.3 is 0 Å². The van der Waals surface area contributed by atoms with E-state index in [1.165, 1.54) is 12.0 Å². The van der Waals surface area contributed by atoms with Crippen molar-refractivity contribution in [2.75, 3.05) is 0 Å². The highest BCUT2D eigenvalue weighted by molar-refractivity contribution is 5.31. The van der Waals surface area contributed by atoms with E-state index in [0.717, 1.165) is 5.92 Å². The smallest absolute Gasteiger partial charge is 0.00465 e. The normalized spacial score (nSPS) is 35.3. The van der Waals surface area contributed by atoms with Crippen LogP contribution >= 0.6 is 0 Å². The molecule has 58 valence electrons. The van der Waals surface area contributed by atoms with Crippen molar-refractivity contribution in [2.45, 2.75) is 25.7 Å². The average Bonchev–Trinajstić information content (AvgIpc) is 2.64. The molecule has 0 radical (unpaired) electrons. The van der Waals surface area contributed by atoms with Gasteiger partial charge in [0, 0.05) is 0 Å². The molecule has 2 atom stereocenters. The third-order valence-corrected chi connectivity index (χ3v) is 3.09. The Hall–Kier alpha value is -0.780. The van der Waals surface area contributed by atoms with Crippen molar-refractivity contribution < 1.29 is 0 Å². The minimum Gasteiger partial charge on any atom is -0.0622 e. The first kappa shape index (κ1) is 6.90. The molecule has 0 amide bonds. The molecule has 0 unspecified atom stereocenters. The Morgan fingerprint density at radius 3 is 2.27 bits per heavy atom. The van der Waals surface area contributed by atoms with Crippen LogP contribution in [0.15, 0.2) is 30.3 Å². The third kappa shape index (κ3) is 0.973. The molecule has 0 saturated heterocycles. The van der Waals surface area contributed by atoms with Crippen LogP contribution < -0.4 is 0 Å². The quantitative estimate of drug-likeness (QED) is 0.571. The van der Waals surface area contributed by atoms with Crippen LogP contribution in [0, 0.1) is 5.92 Å². The van der Waals surface area contributed by atoms with Crippen molar-refractivity contribution in [3.05, 3.63) is 35.9 Å². The van der Waals surface area contributed by atoms with Gasteiger partial charge in [0.1, 0.15) is 0 Å². The Morgan fingerprint density at radius 1 is 1.27 bits per heavy atom. The average molecular weight is 146 g/mol. The van der Waals surface area contributed by atoms with Crippen molar-refractivity contribution in [3.63, 3.8) is 0 Å². The van der Waals surface area contributed by atoms with Gasteiger partial charge < -0.3 is 0 Å². The second kappa shape index (κ2) is 2.10. The number of hydrogen-bond acceptors (Lipinski definition) is 0. The Bertz CT molecular complexity index is 250. The summed E-state index contributed by atoms with van der Waals surface area (Å²) in [4.78, 5) is 0.